The molecule has 0 saturated heterocycles. The smallest absolute Gasteiger partial charge is 0.418 e. The molecule has 12 heteroatoms. The molecule has 214 valence electrons. The number of halogens is 3. The van der Waals surface area contributed by atoms with E-state index >= 15 is 0 Å². The molecule has 0 bridgehead atoms. The lowest BCUT2D eigenvalue weighted by Crippen LogP contribution is -2.24. The van der Waals surface area contributed by atoms with E-state index in [0.29, 0.717) is 34.6 Å². The number of carbonyl (C=O) groups excluding carboxylic acids is 2. The fourth-order valence-electron chi connectivity index (χ4n) is 3.80. The lowest BCUT2D eigenvalue weighted by Gasteiger charge is -2.14. The first-order valence-corrected chi connectivity index (χ1v) is 13.8. The Morgan fingerprint density at radius 1 is 0.951 bits per heavy atom. The van der Waals surface area contributed by atoms with Crippen molar-refractivity contribution in [1.29, 1.82) is 0 Å². The highest BCUT2D eigenvalue weighted by molar-refractivity contribution is 7.99. The number of alkyl halides is 3. The highest BCUT2D eigenvalue weighted by atomic mass is 32.2. The molecule has 3 aromatic carbocycles. The molecule has 0 atom stereocenters. The van der Waals surface area contributed by atoms with E-state index in [1.54, 1.807) is 28.8 Å². The normalized spacial score (nSPS) is 11.2. The van der Waals surface area contributed by atoms with Gasteiger partial charge in [-0.25, -0.2) is 0 Å². The molecule has 0 fully saturated rings. The Hall–Kier alpha value is -4.32. The van der Waals surface area contributed by atoms with Crippen molar-refractivity contribution < 1.29 is 27.5 Å². The van der Waals surface area contributed by atoms with Crippen molar-refractivity contribution in [2.75, 3.05) is 17.7 Å². The van der Waals surface area contributed by atoms with Crippen LogP contribution in [-0.2, 0) is 17.5 Å². The predicted octanol–water partition coefficient (Wildman–Crippen LogP) is 6.13. The minimum absolute atomic E-state index is 0.0429. The van der Waals surface area contributed by atoms with Crippen molar-refractivity contribution in [1.82, 2.24) is 20.1 Å². The molecule has 0 aliphatic rings. The largest absolute Gasteiger partial charge is 0.494 e. The van der Waals surface area contributed by atoms with E-state index in [1.807, 2.05) is 30.3 Å². The quantitative estimate of drug-likeness (QED) is 0.154. The van der Waals surface area contributed by atoms with Crippen LogP contribution < -0.4 is 15.4 Å². The number of aromatic nitrogens is 3. The van der Waals surface area contributed by atoms with Gasteiger partial charge < -0.3 is 15.4 Å². The molecule has 1 heterocycles. The maximum atomic E-state index is 13.3. The number of nitrogens with zero attached hydrogens (tertiary/aromatic N) is 3. The summed E-state index contributed by atoms with van der Waals surface area (Å²) in [6.07, 6.45) is -2.63. The SMILES string of the molecule is CCCCOc1ccc(C(=O)NCc2nnc(SCC(=O)Nc3ccccc3C(F)(F)F)n2-c2ccccc2)cc1. The van der Waals surface area contributed by atoms with E-state index in [9.17, 15) is 22.8 Å². The number of anilines is 1. The number of hydrogen-bond donors (Lipinski definition) is 2. The Kier molecular flexibility index (Phi) is 10.0. The van der Waals surface area contributed by atoms with Crippen molar-refractivity contribution in [3.05, 3.63) is 95.8 Å². The summed E-state index contributed by atoms with van der Waals surface area (Å²) < 4.78 is 47.2. The highest BCUT2D eigenvalue weighted by Gasteiger charge is 2.33. The van der Waals surface area contributed by atoms with Crippen molar-refractivity contribution in [2.24, 2.45) is 0 Å². The number of rotatable bonds is 12. The number of unbranched alkanes of at least 4 members (excludes halogenated alkanes) is 1. The third kappa shape index (κ3) is 8.10. The second kappa shape index (κ2) is 13.8. The number of benzene rings is 3. The monoisotopic (exact) mass is 583 g/mol. The zero-order valence-corrected chi connectivity index (χ0v) is 23.0. The molecule has 4 aromatic rings. The van der Waals surface area contributed by atoms with Gasteiger partial charge in [0, 0.05) is 11.3 Å². The molecule has 41 heavy (non-hydrogen) atoms. The summed E-state index contributed by atoms with van der Waals surface area (Å²) in [7, 11) is 0. The molecular formula is C29H28F3N5O3S. The molecule has 2 N–H and O–H groups in total. The van der Waals surface area contributed by atoms with Crippen LogP contribution in [0.3, 0.4) is 0 Å². The number of ether oxygens (including phenoxy) is 1. The second-order valence-corrected chi connectivity index (χ2v) is 9.80. The first-order chi connectivity index (χ1) is 19.8. The van der Waals surface area contributed by atoms with Gasteiger partial charge in [-0.2, -0.15) is 13.2 Å². The number of thioether (sulfide) groups is 1. The molecule has 1 aromatic heterocycles. The topological polar surface area (TPSA) is 98.1 Å². The van der Waals surface area contributed by atoms with Crippen LogP contribution >= 0.6 is 11.8 Å². The van der Waals surface area contributed by atoms with Gasteiger partial charge in [-0.05, 0) is 55.0 Å². The van der Waals surface area contributed by atoms with E-state index in [4.69, 9.17) is 4.74 Å². The Morgan fingerprint density at radius 3 is 2.37 bits per heavy atom. The summed E-state index contributed by atoms with van der Waals surface area (Å²) in [6, 6.07) is 20.7. The molecule has 0 aliphatic carbocycles. The number of para-hydroxylation sites is 2. The predicted molar refractivity (Wildman–Crippen MR) is 150 cm³/mol. The first kappa shape index (κ1) is 29.7. The maximum absolute atomic E-state index is 13.3. The number of carbonyl (C=O) groups is 2. The van der Waals surface area contributed by atoms with Gasteiger partial charge >= 0.3 is 6.18 Å². The first-order valence-electron chi connectivity index (χ1n) is 12.9. The Labute approximate surface area is 239 Å². The lowest BCUT2D eigenvalue weighted by atomic mass is 10.1. The number of amides is 2. The van der Waals surface area contributed by atoms with Crippen LogP contribution in [0.15, 0.2) is 84.0 Å². The van der Waals surface area contributed by atoms with Gasteiger partial charge in [-0.1, -0.05) is 55.4 Å². The van der Waals surface area contributed by atoms with Crippen molar-refractivity contribution >= 4 is 29.3 Å². The van der Waals surface area contributed by atoms with Crippen molar-refractivity contribution in [3.63, 3.8) is 0 Å². The maximum Gasteiger partial charge on any atom is 0.418 e. The number of nitrogens with one attached hydrogen (secondary N) is 2. The third-order valence-electron chi connectivity index (χ3n) is 5.84. The Bertz CT molecular complexity index is 1460. The molecule has 0 spiro atoms. The zero-order chi connectivity index (χ0) is 29.2. The molecule has 0 radical (unpaired) electrons. The fraction of sp³-hybridized carbons (Fsp3) is 0.241. The van der Waals surface area contributed by atoms with E-state index in [0.717, 1.165) is 30.7 Å². The standard InChI is InChI=1S/C29H28F3N5O3S/c1-2-3-17-40-22-15-13-20(14-16-22)27(39)33-18-25-35-36-28(37(25)21-9-5-4-6-10-21)41-19-26(38)34-24-12-8-7-11-23(24)29(30,31)32/h4-16H,2-3,17-19H2,1H3,(H,33,39)(H,34,38). The van der Waals surface area contributed by atoms with Crippen LogP contribution in [0.1, 0.15) is 41.5 Å². The zero-order valence-electron chi connectivity index (χ0n) is 22.1. The Morgan fingerprint density at radius 2 is 1.66 bits per heavy atom. The van der Waals surface area contributed by atoms with E-state index in [-0.39, 0.29) is 23.9 Å². The highest BCUT2D eigenvalue weighted by Crippen LogP contribution is 2.34. The lowest BCUT2D eigenvalue weighted by molar-refractivity contribution is -0.137. The van der Waals surface area contributed by atoms with Crippen molar-refractivity contribution in [3.8, 4) is 11.4 Å². The average Bonchev–Trinajstić information content (AvgIpc) is 3.38. The summed E-state index contributed by atoms with van der Waals surface area (Å²) in [5.41, 5.74) is -0.105. The summed E-state index contributed by atoms with van der Waals surface area (Å²) in [5, 5.41) is 13.9. The van der Waals surface area contributed by atoms with E-state index < -0.39 is 17.6 Å². The molecular weight excluding hydrogens is 555 g/mol. The van der Waals surface area contributed by atoms with Crippen LogP contribution in [0, 0.1) is 0 Å². The van der Waals surface area contributed by atoms with Crippen LogP contribution in [0.4, 0.5) is 18.9 Å². The van der Waals surface area contributed by atoms with Crippen LogP contribution in [0.2, 0.25) is 0 Å². The molecule has 0 saturated carbocycles. The molecule has 8 nitrogen and oxygen atoms in total. The minimum atomic E-state index is -4.60. The minimum Gasteiger partial charge on any atom is -0.494 e. The van der Waals surface area contributed by atoms with E-state index in [1.165, 1.54) is 18.2 Å². The summed E-state index contributed by atoms with van der Waals surface area (Å²) in [5.74, 6) is -0.0624. The van der Waals surface area contributed by atoms with Gasteiger partial charge in [0.15, 0.2) is 11.0 Å². The van der Waals surface area contributed by atoms with Gasteiger partial charge in [0.25, 0.3) is 5.91 Å². The number of hydrogen-bond acceptors (Lipinski definition) is 6. The Balaban J connectivity index is 1.43. The molecule has 4 rings (SSSR count). The van der Waals surface area contributed by atoms with Crippen LogP contribution in [0.25, 0.3) is 5.69 Å². The summed E-state index contributed by atoms with van der Waals surface area (Å²) in [6.45, 7) is 2.73. The second-order valence-electron chi connectivity index (χ2n) is 8.86. The van der Waals surface area contributed by atoms with Crippen molar-refractivity contribution in [2.45, 2.75) is 37.6 Å². The average molecular weight is 584 g/mol. The van der Waals surface area contributed by atoms with Gasteiger partial charge in [-0.15, -0.1) is 10.2 Å². The molecule has 0 unspecified atom stereocenters. The van der Waals surface area contributed by atoms with Crippen LogP contribution in [0.5, 0.6) is 5.75 Å². The third-order valence-corrected chi connectivity index (χ3v) is 6.77. The van der Waals surface area contributed by atoms with Gasteiger partial charge in [0.2, 0.25) is 5.91 Å². The van der Waals surface area contributed by atoms with E-state index in [2.05, 4.69) is 27.8 Å². The van der Waals surface area contributed by atoms with Crippen LogP contribution in [-0.4, -0.2) is 38.9 Å². The molecule has 0 aliphatic heterocycles. The molecule has 2 amide bonds. The van der Waals surface area contributed by atoms with Gasteiger partial charge in [-0.3, -0.25) is 14.2 Å². The summed E-state index contributed by atoms with van der Waals surface area (Å²) in [4.78, 5) is 25.3. The fourth-order valence-corrected chi connectivity index (χ4v) is 4.57. The van der Waals surface area contributed by atoms with Gasteiger partial charge in [0.1, 0.15) is 5.75 Å². The summed E-state index contributed by atoms with van der Waals surface area (Å²) >= 11 is 1.01. The van der Waals surface area contributed by atoms with Gasteiger partial charge in [0.05, 0.1) is 30.2 Å².